The van der Waals surface area contributed by atoms with Crippen molar-refractivity contribution in [1.82, 2.24) is 0 Å². The molecule has 0 radical (unpaired) electrons. The monoisotopic (exact) mass is 1040 g/mol. The lowest BCUT2D eigenvalue weighted by atomic mass is 9.35. The maximum Gasteiger partial charge on any atom is 0.416 e. The highest BCUT2D eigenvalue weighted by Gasteiger charge is 2.49. The van der Waals surface area contributed by atoms with E-state index in [0.717, 1.165) is 72.5 Å². The molecule has 8 aromatic rings. The second-order valence-corrected chi connectivity index (χ2v) is 28.7. The van der Waals surface area contributed by atoms with Gasteiger partial charge in [-0.25, -0.2) is 0 Å². The maximum absolute atomic E-state index is 14.6. The highest BCUT2D eigenvalue weighted by Crippen LogP contribution is 2.56. The Labute approximate surface area is 459 Å². The molecule has 0 unspecified atom stereocenters. The van der Waals surface area contributed by atoms with Crippen molar-refractivity contribution in [3.05, 3.63) is 184 Å². The molecule has 0 saturated carbocycles. The van der Waals surface area contributed by atoms with Crippen molar-refractivity contribution in [1.29, 1.82) is 0 Å². The number of alkyl halides is 3. The van der Waals surface area contributed by atoms with E-state index >= 15 is 0 Å². The first-order valence-corrected chi connectivity index (χ1v) is 29.1. The summed E-state index contributed by atoms with van der Waals surface area (Å²) in [5.74, 6) is 0. The van der Waals surface area contributed by atoms with Crippen LogP contribution in [0.25, 0.3) is 21.2 Å². The molecule has 13 rings (SSSR count). The lowest BCUT2D eigenvalue weighted by Crippen LogP contribution is -2.61. The van der Waals surface area contributed by atoms with E-state index in [1.165, 1.54) is 93.7 Å². The molecule has 7 aromatic carbocycles. The zero-order chi connectivity index (χ0) is 54.1. The second-order valence-electron chi connectivity index (χ2n) is 27.6. The topological polar surface area (TPSA) is 6.48 Å². The van der Waals surface area contributed by atoms with E-state index in [1.54, 1.807) is 12.1 Å². The summed E-state index contributed by atoms with van der Waals surface area (Å²) in [4.78, 5) is 4.98. The largest absolute Gasteiger partial charge is 0.416 e. The number of thiophene rings is 1. The van der Waals surface area contributed by atoms with Crippen LogP contribution < -0.4 is 25.5 Å². The number of hydrogen-bond donors (Lipinski definition) is 0. The van der Waals surface area contributed by atoms with Crippen LogP contribution in [0, 0.1) is 0 Å². The summed E-state index contributed by atoms with van der Waals surface area (Å²) in [6, 6.07) is 47.9. The number of rotatable bonds is 5. The van der Waals surface area contributed by atoms with Gasteiger partial charge < -0.3 is 9.80 Å². The van der Waals surface area contributed by atoms with E-state index < -0.39 is 11.7 Å². The molecule has 0 saturated heterocycles. The predicted octanol–water partition coefficient (Wildman–Crippen LogP) is 18.3. The van der Waals surface area contributed by atoms with Gasteiger partial charge >= 0.3 is 6.18 Å². The molecule has 0 fully saturated rings. The molecule has 0 bridgehead atoms. The average Bonchev–Trinajstić information content (AvgIpc) is 3.40. The van der Waals surface area contributed by atoms with E-state index in [1.807, 2.05) is 11.3 Å². The van der Waals surface area contributed by atoms with Crippen molar-refractivity contribution < 1.29 is 13.2 Å². The Balaban J connectivity index is 1.17. The van der Waals surface area contributed by atoms with Crippen molar-refractivity contribution in [2.75, 3.05) is 9.80 Å². The summed E-state index contributed by atoms with van der Waals surface area (Å²) in [5.41, 5.74) is 21.2. The summed E-state index contributed by atoms with van der Waals surface area (Å²) >= 11 is 1.90. The Morgan fingerprint density at radius 1 is 0.481 bits per heavy atom. The maximum atomic E-state index is 14.6. The van der Waals surface area contributed by atoms with Gasteiger partial charge in [-0.1, -0.05) is 150 Å². The number of fused-ring (bicyclic) bond motifs is 9. The Bertz CT molecular complexity index is 3740. The molecule has 3 heterocycles. The summed E-state index contributed by atoms with van der Waals surface area (Å²) < 4.78 is 46.3. The fraction of sp³-hybridized carbons (Fsp3) is 0.371. The number of benzene rings is 7. The Morgan fingerprint density at radius 2 is 0.987 bits per heavy atom. The molecule has 77 heavy (non-hydrogen) atoms. The van der Waals surface area contributed by atoms with E-state index in [4.69, 9.17) is 0 Å². The van der Waals surface area contributed by atoms with Crippen LogP contribution in [-0.2, 0) is 45.1 Å². The molecule has 3 aliphatic carbocycles. The zero-order valence-electron chi connectivity index (χ0n) is 47.2. The van der Waals surface area contributed by atoms with Gasteiger partial charge in [-0.15, -0.1) is 11.3 Å². The molecular formula is C70H72BF3N2S. The van der Waals surface area contributed by atoms with E-state index in [0.29, 0.717) is 6.42 Å². The third-order valence-corrected chi connectivity index (χ3v) is 20.9. The van der Waals surface area contributed by atoms with Gasteiger partial charge in [0.25, 0.3) is 6.71 Å². The third-order valence-electron chi connectivity index (χ3n) is 19.7. The number of halogens is 3. The first-order valence-electron chi connectivity index (χ1n) is 28.3. The van der Waals surface area contributed by atoms with Gasteiger partial charge in [0, 0.05) is 43.3 Å². The van der Waals surface area contributed by atoms with E-state index in [-0.39, 0.29) is 39.2 Å². The van der Waals surface area contributed by atoms with E-state index in [2.05, 4.69) is 202 Å². The summed E-state index contributed by atoms with van der Waals surface area (Å²) in [7, 11) is 0. The fourth-order valence-electron chi connectivity index (χ4n) is 14.6. The summed E-state index contributed by atoms with van der Waals surface area (Å²) in [5, 5.41) is 1.17. The summed E-state index contributed by atoms with van der Waals surface area (Å²) in [6.45, 7) is 28.8. The quantitative estimate of drug-likeness (QED) is 0.159. The van der Waals surface area contributed by atoms with Crippen LogP contribution in [0.3, 0.4) is 0 Å². The molecule has 7 heteroatoms. The summed E-state index contributed by atoms with van der Waals surface area (Å²) in [6.07, 6.45) is 2.79. The van der Waals surface area contributed by atoms with Crippen molar-refractivity contribution >= 4 is 78.0 Å². The first kappa shape index (κ1) is 50.5. The van der Waals surface area contributed by atoms with Gasteiger partial charge in [0.2, 0.25) is 0 Å². The number of nitrogens with zero attached hydrogens (tertiary/aromatic N) is 2. The van der Waals surface area contributed by atoms with Crippen LogP contribution in [0.5, 0.6) is 0 Å². The average molecular weight is 1040 g/mol. The van der Waals surface area contributed by atoms with Crippen LogP contribution in [0.1, 0.15) is 172 Å². The second kappa shape index (κ2) is 16.7. The molecule has 2 nitrogen and oxygen atoms in total. The first-order chi connectivity index (χ1) is 36.2. The van der Waals surface area contributed by atoms with E-state index in [9.17, 15) is 13.2 Å². The van der Waals surface area contributed by atoms with Crippen molar-refractivity contribution in [2.45, 2.75) is 167 Å². The SMILES string of the molecule is CC1(C)CCC(C)(C)c2cc(N3c4cc5c(cc4B4c6sc7cc8c(cc7c6N(c6ccc(C(F)(F)F)cc6)c6cc(Cc7ccccc7-c7ccccc7)cc3c64)C(C)(C)CCC8(C)C)C(C)(C)CCC5(C)C)ccc21. The van der Waals surface area contributed by atoms with Crippen LogP contribution >= 0.6 is 11.3 Å². The van der Waals surface area contributed by atoms with Crippen LogP contribution in [0.15, 0.2) is 133 Å². The molecule has 0 atom stereocenters. The number of anilines is 6. The van der Waals surface area contributed by atoms with Gasteiger partial charge in [0.15, 0.2) is 0 Å². The third kappa shape index (κ3) is 7.84. The smallest absolute Gasteiger partial charge is 0.311 e. The Morgan fingerprint density at radius 3 is 1.60 bits per heavy atom. The minimum absolute atomic E-state index is 0.00816. The zero-order valence-corrected chi connectivity index (χ0v) is 48.0. The van der Waals surface area contributed by atoms with Gasteiger partial charge in [-0.2, -0.15) is 13.2 Å². The van der Waals surface area contributed by atoms with Gasteiger partial charge in [-0.05, 0) is 211 Å². The molecule has 0 N–H and O–H groups in total. The Hall–Kier alpha value is -6.05. The normalized spacial score (nSPS) is 19.6. The Kier molecular flexibility index (Phi) is 11.0. The van der Waals surface area contributed by atoms with Crippen molar-refractivity contribution in [3.63, 3.8) is 0 Å². The predicted molar refractivity (Wildman–Crippen MR) is 321 cm³/mol. The number of hydrogen-bond acceptors (Lipinski definition) is 3. The molecule has 0 spiro atoms. The molecule has 2 aliphatic heterocycles. The van der Waals surface area contributed by atoms with Gasteiger partial charge in [0.05, 0.1) is 11.3 Å². The minimum Gasteiger partial charge on any atom is -0.311 e. The minimum atomic E-state index is -4.47. The molecule has 5 aliphatic rings. The van der Waals surface area contributed by atoms with Crippen molar-refractivity contribution in [2.24, 2.45) is 0 Å². The van der Waals surface area contributed by atoms with Crippen LogP contribution in [0.2, 0.25) is 0 Å². The van der Waals surface area contributed by atoms with Crippen molar-refractivity contribution in [3.8, 4) is 11.1 Å². The van der Waals surface area contributed by atoms with Gasteiger partial charge in [-0.3, -0.25) is 0 Å². The highest BCUT2D eigenvalue weighted by atomic mass is 32.1. The molecule has 1 aromatic heterocycles. The van der Waals surface area contributed by atoms with Gasteiger partial charge in [0.1, 0.15) is 0 Å². The van der Waals surface area contributed by atoms with Crippen LogP contribution in [0.4, 0.5) is 47.3 Å². The standard InChI is InChI=1S/C70H72BF3N2S/c1-64(2)28-29-65(3,4)51-37-47(26-27-50(51)64)75-57-40-54-53(67(7,8)31-32-68(54,9)10)39-56(57)71-61-58(75)35-42(34-44-20-16-17-21-48(44)43-18-14-13-15-19-43)36-59(61)76(46-24-22-45(23-25-46)70(72,73)74)62-49-38-52-55(41-60(49)77-63(62)71)69(11,12)33-30-66(52,5)6/h13-27,35-41H,28-34H2,1-12H3. The fourth-order valence-corrected chi connectivity index (χ4v) is 16.0. The van der Waals surface area contributed by atoms with Crippen LogP contribution in [-0.4, -0.2) is 6.71 Å². The highest BCUT2D eigenvalue weighted by molar-refractivity contribution is 7.33. The lowest BCUT2D eigenvalue weighted by Gasteiger charge is -2.47. The lowest BCUT2D eigenvalue weighted by molar-refractivity contribution is -0.137. The molecular weight excluding hydrogens is 969 g/mol. The molecule has 0 amide bonds. The molecule has 392 valence electrons.